The molecule has 1 aromatic heterocycles. The molecule has 12 nitrogen and oxygen atoms in total. The molecule has 0 aliphatic carbocycles. The first kappa shape index (κ1) is 31.8. The van der Waals surface area contributed by atoms with Gasteiger partial charge in [-0.25, -0.2) is 4.79 Å². The number of nitrogens with two attached hydrogens (primary N) is 2. The van der Waals surface area contributed by atoms with Crippen molar-refractivity contribution in [1.82, 2.24) is 20.9 Å². The Hall–Kier alpha value is -4.71. The SMILES string of the molecule is CC(C)CC(NC(=O)C(N)Cc1c[nH]c2ccccc12)C(=O)NC(Cc1ccccc1)C(=O)NC(CC(N)=O)C(=O)O. The number of carboxylic acid groups (broad SMARTS) is 1. The molecule has 3 rings (SSSR count). The van der Waals surface area contributed by atoms with Gasteiger partial charge in [-0.1, -0.05) is 62.4 Å². The smallest absolute Gasteiger partial charge is 0.326 e. The number of amides is 4. The number of rotatable bonds is 15. The van der Waals surface area contributed by atoms with Crippen LogP contribution in [0.5, 0.6) is 0 Å². The Bertz CT molecular complexity index is 1410. The van der Waals surface area contributed by atoms with Crippen molar-refractivity contribution in [3.05, 3.63) is 71.9 Å². The molecule has 224 valence electrons. The van der Waals surface area contributed by atoms with E-state index in [-0.39, 0.29) is 25.2 Å². The van der Waals surface area contributed by atoms with Crippen molar-refractivity contribution in [2.24, 2.45) is 17.4 Å². The maximum atomic E-state index is 13.5. The maximum absolute atomic E-state index is 13.5. The largest absolute Gasteiger partial charge is 0.480 e. The van der Waals surface area contributed by atoms with Crippen molar-refractivity contribution in [3.8, 4) is 0 Å². The van der Waals surface area contributed by atoms with Crippen LogP contribution >= 0.6 is 0 Å². The first-order valence-corrected chi connectivity index (χ1v) is 13.7. The van der Waals surface area contributed by atoms with Crippen LogP contribution in [0.25, 0.3) is 10.9 Å². The number of hydrogen-bond acceptors (Lipinski definition) is 6. The molecular weight excluding hydrogens is 540 g/mol. The first-order chi connectivity index (χ1) is 19.9. The van der Waals surface area contributed by atoms with Gasteiger partial charge in [-0.3, -0.25) is 19.2 Å². The Kier molecular flexibility index (Phi) is 11.2. The minimum absolute atomic E-state index is 0.000695. The van der Waals surface area contributed by atoms with Gasteiger partial charge in [-0.15, -0.1) is 0 Å². The third kappa shape index (κ3) is 9.16. The normalized spacial score (nSPS) is 14.0. The zero-order valence-corrected chi connectivity index (χ0v) is 23.6. The van der Waals surface area contributed by atoms with Crippen LogP contribution in [0, 0.1) is 5.92 Å². The molecule has 4 unspecified atom stereocenters. The van der Waals surface area contributed by atoms with Gasteiger partial charge >= 0.3 is 5.97 Å². The highest BCUT2D eigenvalue weighted by Gasteiger charge is 2.31. The van der Waals surface area contributed by atoms with Gasteiger partial charge in [0.25, 0.3) is 0 Å². The zero-order valence-electron chi connectivity index (χ0n) is 23.6. The van der Waals surface area contributed by atoms with Crippen molar-refractivity contribution in [2.45, 2.75) is 63.7 Å². The number of aromatic amines is 1. The number of carboxylic acids is 1. The molecule has 12 heteroatoms. The van der Waals surface area contributed by atoms with Crippen molar-refractivity contribution in [2.75, 3.05) is 0 Å². The maximum Gasteiger partial charge on any atom is 0.326 e. The van der Waals surface area contributed by atoms with E-state index in [0.717, 1.165) is 16.5 Å². The van der Waals surface area contributed by atoms with Crippen LogP contribution in [0.2, 0.25) is 0 Å². The number of carbonyl (C=O) groups is 5. The van der Waals surface area contributed by atoms with Crippen LogP contribution in [0.15, 0.2) is 60.8 Å². The van der Waals surface area contributed by atoms with E-state index >= 15 is 0 Å². The van der Waals surface area contributed by atoms with E-state index in [1.54, 1.807) is 36.5 Å². The molecule has 0 fully saturated rings. The molecular formula is C30H38N6O6. The van der Waals surface area contributed by atoms with Crippen molar-refractivity contribution in [1.29, 1.82) is 0 Å². The summed E-state index contributed by atoms with van der Waals surface area (Å²) >= 11 is 0. The molecule has 0 saturated heterocycles. The summed E-state index contributed by atoms with van der Waals surface area (Å²) in [5.41, 5.74) is 13.9. The predicted molar refractivity (Wildman–Crippen MR) is 157 cm³/mol. The first-order valence-electron chi connectivity index (χ1n) is 13.7. The number of aromatic nitrogens is 1. The minimum atomic E-state index is -1.57. The number of aliphatic carboxylic acids is 1. The molecule has 0 aliphatic rings. The van der Waals surface area contributed by atoms with E-state index in [1.165, 1.54) is 0 Å². The topological polar surface area (TPSA) is 209 Å². The molecule has 0 aliphatic heterocycles. The van der Waals surface area contributed by atoms with Gasteiger partial charge in [0.05, 0.1) is 12.5 Å². The van der Waals surface area contributed by atoms with E-state index in [4.69, 9.17) is 11.5 Å². The van der Waals surface area contributed by atoms with E-state index in [1.807, 2.05) is 38.1 Å². The van der Waals surface area contributed by atoms with Crippen LogP contribution < -0.4 is 27.4 Å². The Morgan fingerprint density at radius 2 is 1.40 bits per heavy atom. The number of primary amides is 1. The average Bonchev–Trinajstić information content (AvgIpc) is 3.34. The van der Waals surface area contributed by atoms with Crippen LogP contribution in [-0.2, 0) is 36.8 Å². The van der Waals surface area contributed by atoms with Gasteiger partial charge < -0.3 is 37.5 Å². The lowest BCUT2D eigenvalue weighted by Gasteiger charge is -2.26. The minimum Gasteiger partial charge on any atom is -0.480 e. The number of nitrogens with one attached hydrogen (secondary N) is 4. The van der Waals surface area contributed by atoms with Gasteiger partial charge in [0, 0.05) is 23.5 Å². The van der Waals surface area contributed by atoms with Crippen LogP contribution in [0.4, 0.5) is 0 Å². The van der Waals surface area contributed by atoms with Gasteiger partial charge in [-0.2, -0.15) is 0 Å². The summed E-state index contributed by atoms with van der Waals surface area (Å²) in [6.07, 6.45) is 1.71. The molecule has 3 aromatic rings. The molecule has 42 heavy (non-hydrogen) atoms. The second-order valence-corrected chi connectivity index (χ2v) is 10.7. The number of benzene rings is 2. The molecule has 0 saturated carbocycles. The van der Waals surface area contributed by atoms with Gasteiger partial charge in [0.15, 0.2) is 0 Å². The fraction of sp³-hybridized carbons (Fsp3) is 0.367. The summed E-state index contributed by atoms with van der Waals surface area (Å²) in [6.45, 7) is 3.77. The Morgan fingerprint density at radius 3 is 2.05 bits per heavy atom. The lowest BCUT2D eigenvalue weighted by atomic mass is 9.99. The van der Waals surface area contributed by atoms with Crippen molar-refractivity contribution >= 4 is 40.5 Å². The van der Waals surface area contributed by atoms with Gasteiger partial charge in [0.1, 0.15) is 18.1 Å². The van der Waals surface area contributed by atoms with E-state index in [9.17, 15) is 29.1 Å². The van der Waals surface area contributed by atoms with Gasteiger partial charge in [0.2, 0.25) is 23.6 Å². The summed E-state index contributed by atoms with van der Waals surface area (Å²) in [5.74, 6) is -4.33. The molecule has 9 N–H and O–H groups in total. The Balaban J connectivity index is 1.76. The monoisotopic (exact) mass is 578 g/mol. The average molecular weight is 579 g/mol. The van der Waals surface area contributed by atoms with E-state index < -0.39 is 60.2 Å². The highest BCUT2D eigenvalue weighted by molar-refractivity contribution is 5.95. The highest BCUT2D eigenvalue weighted by Crippen LogP contribution is 2.19. The van der Waals surface area contributed by atoms with Crippen LogP contribution in [-0.4, -0.2) is 63.9 Å². The third-order valence-corrected chi connectivity index (χ3v) is 6.73. The number of carbonyl (C=O) groups excluding carboxylic acids is 4. The number of H-pyrrole nitrogens is 1. The van der Waals surface area contributed by atoms with E-state index in [2.05, 4.69) is 20.9 Å². The second kappa shape index (κ2) is 14.8. The number of fused-ring (bicyclic) bond motifs is 1. The second-order valence-electron chi connectivity index (χ2n) is 10.7. The molecule has 0 bridgehead atoms. The molecule has 2 aromatic carbocycles. The number of hydrogen-bond donors (Lipinski definition) is 7. The highest BCUT2D eigenvalue weighted by atomic mass is 16.4. The fourth-order valence-electron chi connectivity index (χ4n) is 4.62. The Morgan fingerprint density at radius 1 is 0.810 bits per heavy atom. The predicted octanol–water partition coefficient (Wildman–Crippen LogP) is 0.741. The third-order valence-electron chi connectivity index (χ3n) is 6.73. The standard InChI is InChI=1S/C30H38N6O6/c1-17(2)12-23(34-27(38)21(31)14-19-16-33-22-11-7-6-10-20(19)22)28(39)35-24(13-18-8-4-3-5-9-18)29(40)36-25(30(41)42)15-26(32)37/h3-11,16-17,21,23-25,33H,12-15,31H2,1-2H3,(H2,32,37)(H,34,38)(H,35,39)(H,36,40)(H,41,42). The Labute approximate surface area is 243 Å². The summed E-state index contributed by atoms with van der Waals surface area (Å²) in [6, 6.07) is 11.7. The van der Waals surface area contributed by atoms with Gasteiger partial charge in [-0.05, 0) is 36.0 Å². The molecule has 4 atom stereocenters. The van der Waals surface area contributed by atoms with Crippen LogP contribution in [0.3, 0.4) is 0 Å². The quantitative estimate of drug-likeness (QED) is 0.137. The van der Waals surface area contributed by atoms with Crippen molar-refractivity contribution in [3.63, 3.8) is 0 Å². The van der Waals surface area contributed by atoms with Crippen LogP contribution in [0.1, 0.15) is 37.8 Å². The molecule has 0 radical (unpaired) electrons. The molecule has 0 spiro atoms. The molecule has 1 heterocycles. The fourth-order valence-corrected chi connectivity index (χ4v) is 4.62. The molecule has 4 amide bonds. The lowest BCUT2D eigenvalue weighted by molar-refractivity contribution is -0.143. The lowest BCUT2D eigenvalue weighted by Crippen LogP contribution is -2.58. The van der Waals surface area contributed by atoms with Crippen molar-refractivity contribution < 1.29 is 29.1 Å². The zero-order chi connectivity index (χ0) is 30.8. The summed E-state index contributed by atoms with van der Waals surface area (Å²) in [4.78, 5) is 65.9. The summed E-state index contributed by atoms with van der Waals surface area (Å²) in [5, 5.41) is 18.1. The van der Waals surface area contributed by atoms with E-state index in [0.29, 0.717) is 5.56 Å². The summed E-state index contributed by atoms with van der Waals surface area (Å²) < 4.78 is 0. The number of para-hydroxylation sites is 1. The summed E-state index contributed by atoms with van der Waals surface area (Å²) in [7, 11) is 0.